The van der Waals surface area contributed by atoms with Crippen molar-refractivity contribution in [1.82, 2.24) is 4.98 Å². The van der Waals surface area contributed by atoms with Gasteiger partial charge in [-0.2, -0.15) is 0 Å². The van der Waals surface area contributed by atoms with Crippen molar-refractivity contribution in [2.45, 2.75) is 39.4 Å². The number of carbonyl (C=O) groups is 1. The number of aryl methyl sites for hydroxylation is 2. The van der Waals surface area contributed by atoms with E-state index in [2.05, 4.69) is 19.8 Å². The first-order valence-corrected chi connectivity index (χ1v) is 9.82. The highest BCUT2D eigenvalue weighted by atomic mass is 19.3. The van der Waals surface area contributed by atoms with Crippen LogP contribution in [0.2, 0.25) is 0 Å². The third-order valence-corrected chi connectivity index (χ3v) is 5.32. The molecule has 0 aliphatic carbocycles. The molecule has 31 heavy (non-hydrogen) atoms. The number of pyridine rings is 1. The molecule has 0 radical (unpaired) electrons. The number of rotatable bonds is 4. The maximum absolute atomic E-state index is 13.3. The average molecular weight is 424 g/mol. The van der Waals surface area contributed by atoms with Gasteiger partial charge in [0.25, 0.3) is 0 Å². The molecule has 160 valence electrons. The molecule has 0 atom stereocenters. The number of halogens is 2. The van der Waals surface area contributed by atoms with Crippen molar-refractivity contribution in [1.29, 1.82) is 0 Å². The monoisotopic (exact) mass is 424 g/mol. The van der Waals surface area contributed by atoms with E-state index in [1.165, 1.54) is 12.1 Å². The van der Waals surface area contributed by atoms with Crippen LogP contribution in [0.4, 0.5) is 14.6 Å². The van der Waals surface area contributed by atoms with Gasteiger partial charge in [-0.25, -0.2) is 4.98 Å². The van der Waals surface area contributed by atoms with Crippen molar-refractivity contribution in [2.24, 2.45) is 0 Å². The van der Waals surface area contributed by atoms with Gasteiger partial charge < -0.3 is 14.8 Å². The van der Waals surface area contributed by atoms with Crippen LogP contribution in [-0.4, -0.2) is 17.2 Å². The normalized spacial score (nSPS) is 14.4. The first-order valence-electron chi connectivity index (χ1n) is 9.82. The summed E-state index contributed by atoms with van der Waals surface area (Å²) in [5.74, 6) is -0.0800. The summed E-state index contributed by atoms with van der Waals surface area (Å²) in [6, 6.07) is 16.0. The molecule has 0 unspecified atom stereocenters. The predicted octanol–water partition coefficient (Wildman–Crippen LogP) is 5.60. The molecule has 1 aromatic heterocycles. The number of nitrogens with zero attached hydrogens (tertiary/aromatic N) is 1. The van der Waals surface area contributed by atoms with Crippen LogP contribution in [0.5, 0.6) is 11.5 Å². The second-order valence-corrected chi connectivity index (χ2v) is 8.14. The smallest absolute Gasteiger partial charge is 0.395 e. The fraction of sp³-hybridized carbons (Fsp3) is 0.250. The largest absolute Gasteiger partial charge is 0.586 e. The molecular weight excluding hydrogens is 402 g/mol. The lowest BCUT2D eigenvalue weighted by molar-refractivity contribution is -0.286. The Bertz CT molecular complexity index is 1180. The number of aromatic nitrogens is 1. The lowest BCUT2D eigenvalue weighted by atomic mass is 9.83. The van der Waals surface area contributed by atoms with Gasteiger partial charge in [-0.15, -0.1) is 8.78 Å². The van der Waals surface area contributed by atoms with Crippen LogP contribution in [0.15, 0.2) is 54.6 Å². The van der Waals surface area contributed by atoms with E-state index in [1.54, 1.807) is 26.0 Å². The zero-order valence-electron chi connectivity index (χ0n) is 17.6. The van der Waals surface area contributed by atoms with Gasteiger partial charge in [0.05, 0.1) is 11.1 Å². The summed E-state index contributed by atoms with van der Waals surface area (Å²) >= 11 is 0. The van der Waals surface area contributed by atoms with E-state index in [4.69, 9.17) is 0 Å². The number of ether oxygens (including phenoxy) is 2. The van der Waals surface area contributed by atoms with Crippen LogP contribution in [-0.2, 0) is 10.2 Å². The number of carbonyl (C=O) groups excluding carboxylic acids is 1. The Morgan fingerprint density at radius 3 is 2.48 bits per heavy atom. The van der Waals surface area contributed by atoms with E-state index >= 15 is 0 Å². The second kappa shape index (κ2) is 7.34. The summed E-state index contributed by atoms with van der Waals surface area (Å²) in [7, 11) is 0. The summed E-state index contributed by atoms with van der Waals surface area (Å²) in [4.78, 5) is 17.7. The minimum absolute atomic E-state index is 0.0621. The highest BCUT2D eigenvalue weighted by Crippen LogP contribution is 2.43. The van der Waals surface area contributed by atoms with Crippen molar-refractivity contribution in [3.05, 3.63) is 71.3 Å². The van der Waals surface area contributed by atoms with Gasteiger partial charge in [-0.3, -0.25) is 4.79 Å². The van der Waals surface area contributed by atoms with Crippen LogP contribution in [0.25, 0.3) is 11.3 Å². The predicted molar refractivity (Wildman–Crippen MR) is 113 cm³/mol. The minimum Gasteiger partial charge on any atom is -0.395 e. The number of hydrogen-bond donors (Lipinski definition) is 1. The van der Waals surface area contributed by atoms with Crippen LogP contribution >= 0.6 is 0 Å². The summed E-state index contributed by atoms with van der Waals surface area (Å²) < 4.78 is 35.6. The molecule has 1 N–H and O–H groups in total. The van der Waals surface area contributed by atoms with Crippen LogP contribution < -0.4 is 14.8 Å². The van der Waals surface area contributed by atoms with Crippen LogP contribution in [0.1, 0.15) is 30.5 Å². The molecule has 2 heterocycles. The lowest BCUT2D eigenvalue weighted by Crippen LogP contribution is -2.35. The van der Waals surface area contributed by atoms with Crippen LogP contribution in [0, 0.1) is 13.8 Å². The Kier molecular flexibility index (Phi) is 4.92. The molecule has 0 saturated heterocycles. The third kappa shape index (κ3) is 4.08. The molecule has 3 aromatic rings. The van der Waals surface area contributed by atoms with E-state index in [0.29, 0.717) is 11.4 Å². The highest BCUT2D eigenvalue weighted by molar-refractivity contribution is 5.98. The zero-order valence-corrected chi connectivity index (χ0v) is 17.6. The van der Waals surface area contributed by atoms with Gasteiger partial charge >= 0.3 is 6.29 Å². The van der Waals surface area contributed by atoms with Crippen molar-refractivity contribution in [3.63, 3.8) is 0 Å². The molecule has 4 rings (SSSR count). The highest BCUT2D eigenvalue weighted by Gasteiger charge is 2.44. The average Bonchev–Trinajstić information content (AvgIpc) is 3.02. The van der Waals surface area contributed by atoms with Gasteiger partial charge in [0.2, 0.25) is 5.91 Å². The van der Waals surface area contributed by atoms with Crippen molar-refractivity contribution < 1.29 is 23.0 Å². The Morgan fingerprint density at radius 1 is 1.00 bits per heavy atom. The summed E-state index contributed by atoms with van der Waals surface area (Å²) in [6.07, 6.45) is -3.70. The molecule has 7 heteroatoms. The number of nitrogens with one attached hydrogen (secondary N) is 1. The summed E-state index contributed by atoms with van der Waals surface area (Å²) in [5, 5.41) is 2.85. The molecule has 0 fully saturated rings. The maximum atomic E-state index is 13.3. The molecule has 1 amide bonds. The van der Waals surface area contributed by atoms with Crippen molar-refractivity contribution in [3.8, 4) is 22.8 Å². The maximum Gasteiger partial charge on any atom is 0.586 e. The van der Waals surface area contributed by atoms with E-state index < -0.39 is 11.7 Å². The molecule has 2 aromatic carbocycles. The first-order chi connectivity index (χ1) is 14.5. The van der Waals surface area contributed by atoms with Gasteiger partial charge in [0.15, 0.2) is 11.5 Å². The molecule has 1 aliphatic rings. The van der Waals surface area contributed by atoms with E-state index in [-0.39, 0.29) is 17.4 Å². The molecule has 0 saturated carbocycles. The topological polar surface area (TPSA) is 60.5 Å². The summed E-state index contributed by atoms with van der Waals surface area (Å²) in [6.45, 7) is 7.37. The Morgan fingerprint density at radius 2 is 1.74 bits per heavy atom. The number of fused-ring (bicyclic) bond motifs is 1. The Balaban J connectivity index is 1.59. The number of anilines is 1. The molecular formula is C24H22F2N2O3. The number of benzene rings is 2. The van der Waals surface area contributed by atoms with Gasteiger partial charge in [-0.1, -0.05) is 35.9 Å². The molecule has 0 bridgehead atoms. The standard InChI is InChI=1S/C24H22F2N2O3/c1-14-6-5-7-16(12-14)21-15(2)8-11-20(27-21)28-22(29)23(3,4)17-9-10-18-19(13-17)31-24(25,26)30-18/h5-13H,1-4H3,(H,27,28,29). The Labute approximate surface area is 179 Å². The molecule has 0 spiro atoms. The third-order valence-electron chi connectivity index (χ3n) is 5.32. The second-order valence-electron chi connectivity index (χ2n) is 8.14. The first kappa shape index (κ1) is 20.8. The van der Waals surface area contributed by atoms with Gasteiger partial charge in [-0.05, 0) is 63.1 Å². The number of hydrogen-bond acceptors (Lipinski definition) is 4. The van der Waals surface area contributed by atoms with Crippen molar-refractivity contribution in [2.75, 3.05) is 5.32 Å². The summed E-state index contributed by atoms with van der Waals surface area (Å²) in [5.41, 5.74) is 3.32. The lowest BCUT2D eigenvalue weighted by Gasteiger charge is -2.24. The minimum atomic E-state index is -3.70. The number of amides is 1. The molecule has 1 aliphatic heterocycles. The van der Waals surface area contributed by atoms with E-state index in [0.717, 1.165) is 22.4 Å². The zero-order chi connectivity index (χ0) is 22.4. The van der Waals surface area contributed by atoms with Gasteiger partial charge in [0.1, 0.15) is 5.82 Å². The Hall–Kier alpha value is -3.48. The fourth-order valence-corrected chi connectivity index (χ4v) is 3.42. The quantitative estimate of drug-likeness (QED) is 0.592. The fourth-order valence-electron chi connectivity index (χ4n) is 3.42. The van der Waals surface area contributed by atoms with Crippen molar-refractivity contribution >= 4 is 11.7 Å². The number of alkyl halides is 2. The van der Waals surface area contributed by atoms with E-state index in [9.17, 15) is 13.6 Å². The SMILES string of the molecule is Cc1cccc(-c2nc(NC(=O)C(C)(C)c3ccc4c(c3)OC(F)(F)O4)ccc2C)c1. The van der Waals surface area contributed by atoms with Crippen LogP contribution in [0.3, 0.4) is 0 Å². The van der Waals surface area contributed by atoms with Gasteiger partial charge in [0, 0.05) is 5.56 Å². The van der Waals surface area contributed by atoms with E-state index in [1.807, 2.05) is 44.2 Å². The molecule has 5 nitrogen and oxygen atoms in total.